The van der Waals surface area contributed by atoms with Gasteiger partial charge in [0, 0.05) is 41.9 Å². The number of aromatic nitrogens is 2. The van der Waals surface area contributed by atoms with Crippen LogP contribution in [0.2, 0.25) is 0 Å². The molecule has 11 nitrogen and oxygen atoms in total. The zero-order valence-electron chi connectivity index (χ0n) is 35.4. The van der Waals surface area contributed by atoms with Crippen molar-refractivity contribution < 1.29 is 28.6 Å². The van der Waals surface area contributed by atoms with E-state index >= 15 is 0 Å². The van der Waals surface area contributed by atoms with Crippen molar-refractivity contribution in [3.63, 3.8) is 0 Å². The Morgan fingerprint density at radius 2 is 1.59 bits per heavy atom. The van der Waals surface area contributed by atoms with Gasteiger partial charge in [0.15, 0.2) is 12.0 Å². The number of benzene rings is 3. The van der Waals surface area contributed by atoms with Crippen molar-refractivity contribution in [2.75, 3.05) is 26.4 Å². The van der Waals surface area contributed by atoms with E-state index < -0.39 is 11.8 Å². The number of anilines is 1. The number of hydrogen-bond donors (Lipinski definition) is 1. The van der Waals surface area contributed by atoms with E-state index in [1.165, 1.54) is 16.9 Å². The third-order valence-corrected chi connectivity index (χ3v) is 10.6. The topological polar surface area (TPSA) is 155 Å². The molecule has 2 unspecified atom stereocenters. The van der Waals surface area contributed by atoms with Gasteiger partial charge in [0.2, 0.25) is 0 Å². The molecular weight excluding hydrogens is 763 g/mol. The summed E-state index contributed by atoms with van der Waals surface area (Å²) in [4.78, 5) is 53.1. The second-order valence-electron chi connectivity index (χ2n) is 14.9. The van der Waals surface area contributed by atoms with Crippen LogP contribution in [0.25, 0.3) is 31.7 Å². The van der Waals surface area contributed by atoms with Crippen LogP contribution in [0, 0.1) is 5.92 Å². The molecular formula is C47H55N5O6S. The molecule has 2 aromatic heterocycles. The van der Waals surface area contributed by atoms with Gasteiger partial charge in [0.25, 0.3) is 0 Å². The van der Waals surface area contributed by atoms with Crippen molar-refractivity contribution in [1.82, 2.24) is 9.97 Å². The Bertz CT molecular complexity index is 2350. The minimum atomic E-state index is -0.779. The monoisotopic (exact) mass is 817 g/mol. The molecule has 2 heterocycles. The Morgan fingerprint density at radius 1 is 0.915 bits per heavy atom. The average molecular weight is 818 g/mol. The summed E-state index contributed by atoms with van der Waals surface area (Å²) in [6.45, 7) is 13.8. The number of nitrogen functional groups attached to an aromatic ring is 1. The predicted octanol–water partition coefficient (Wildman–Crippen LogP) is 10.8. The van der Waals surface area contributed by atoms with Crippen molar-refractivity contribution >= 4 is 68.0 Å². The molecule has 59 heavy (non-hydrogen) atoms. The van der Waals surface area contributed by atoms with Gasteiger partial charge in [-0.15, -0.1) is 11.3 Å². The molecule has 6 rings (SSSR count). The van der Waals surface area contributed by atoms with E-state index in [0.29, 0.717) is 46.5 Å². The first-order valence-corrected chi connectivity index (χ1v) is 20.5. The van der Waals surface area contributed by atoms with Crippen molar-refractivity contribution in [2.24, 2.45) is 15.9 Å². The molecule has 12 heteroatoms. The average Bonchev–Trinajstić information content (AvgIpc) is 3.59. The highest BCUT2D eigenvalue weighted by molar-refractivity contribution is 7.22. The van der Waals surface area contributed by atoms with E-state index in [1.54, 1.807) is 47.1 Å². The summed E-state index contributed by atoms with van der Waals surface area (Å²) in [7, 11) is 3.54. The second kappa shape index (κ2) is 21.7. The number of hydrogen-bond acceptors (Lipinski definition) is 12. The number of aldehydes is 1. The van der Waals surface area contributed by atoms with Gasteiger partial charge in [-0.05, 0) is 99.2 Å². The van der Waals surface area contributed by atoms with E-state index in [9.17, 15) is 14.4 Å². The SMILES string of the molecule is CCC(C)C(=O)OCCc1ccc2c(OC(=O)OC(C)(C)C)c(-c3cnc4ccccc4n3)sc2c1.CCC(C)c1ccc(C=O)c(N)c1.CN=C1C=CC=CC1=NC. The smallest absolute Gasteiger partial charge is 0.465 e. The molecule has 310 valence electrons. The number of allylic oxidation sites excluding steroid dienone is 4. The van der Waals surface area contributed by atoms with Gasteiger partial charge in [-0.1, -0.05) is 64.1 Å². The maximum atomic E-state index is 12.6. The van der Waals surface area contributed by atoms with Crippen LogP contribution in [0.5, 0.6) is 5.75 Å². The van der Waals surface area contributed by atoms with Gasteiger partial charge < -0.3 is 19.9 Å². The number of carbonyl (C=O) groups is 3. The van der Waals surface area contributed by atoms with Crippen LogP contribution in [-0.2, 0) is 20.7 Å². The molecule has 1 aliphatic rings. The van der Waals surface area contributed by atoms with Crippen molar-refractivity contribution in [1.29, 1.82) is 0 Å². The first kappa shape index (κ1) is 45.7. The molecule has 0 bridgehead atoms. The number of carbonyl (C=O) groups excluding carboxylic acids is 3. The molecule has 3 aromatic carbocycles. The summed E-state index contributed by atoms with van der Waals surface area (Å²) in [5.74, 6) is 0.606. The third kappa shape index (κ3) is 13.0. The number of rotatable bonds is 10. The van der Waals surface area contributed by atoms with Gasteiger partial charge in [0.1, 0.15) is 11.3 Å². The summed E-state index contributed by atoms with van der Waals surface area (Å²) in [6, 6.07) is 19.1. The van der Waals surface area contributed by atoms with Crippen LogP contribution < -0.4 is 10.5 Å². The Kier molecular flexibility index (Phi) is 16.8. The highest BCUT2D eigenvalue weighted by atomic mass is 32.1. The molecule has 0 saturated carbocycles. The number of para-hydroxylation sites is 2. The molecule has 0 amide bonds. The second-order valence-corrected chi connectivity index (χ2v) is 15.9. The van der Waals surface area contributed by atoms with E-state index in [-0.39, 0.29) is 11.9 Å². The number of nitrogens with two attached hydrogens (primary N) is 1. The lowest BCUT2D eigenvalue weighted by molar-refractivity contribution is -0.147. The zero-order valence-corrected chi connectivity index (χ0v) is 36.3. The maximum Gasteiger partial charge on any atom is 0.514 e. The summed E-state index contributed by atoms with van der Waals surface area (Å²) in [5.41, 5.74) is 12.4. The van der Waals surface area contributed by atoms with Crippen LogP contribution in [0.4, 0.5) is 10.5 Å². The van der Waals surface area contributed by atoms with Gasteiger partial charge >= 0.3 is 12.1 Å². The quantitative estimate of drug-likeness (QED) is 0.0627. The van der Waals surface area contributed by atoms with Gasteiger partial charge in [-0.25, -0.2) is 9.78 Å². The van der Waals surface area contributed by atoms with E-state index in [2.05, 4.69) is 28.8 Å². The summed E-state index contributed by atoms with van der Waals surface area (Å²) in [5, 5.41) is 0.774. The first-order valence-electron chi connectivity index (χ1n) is 19.7. The lowest BCUT2D eigenvalue weighted by Gasteiger charge is -2.18. The van der Waals surface area contributed by atoms with Gasteiger partial charge in [0.05, 0.1) is 46.1 Å². The highest BCUT2D eigenvalue weighted by Gasteiger charge is 2.24. The van der Waals surface area contributed by atoms with Crippen molar-refractivity contribution in [2.45, 2.75) is 79.2 Å². The van der Waals surface area contributed by atoms with Crippen molar-refractivity contribution in [3.05, 3.63) is 108 Å². The molecule has 0 saturated heterocycles. The Hall–Kier alpha value is -6.01. The normalized spacial score (nSPS) is 14.5. The fourth-order valence-electron chi connectivity index (χ4n) is 5.63. The molecule has 0 spiro atoms. The van der Waals surface area contributed by atoms with Crippen LogP contribution in [-0.4, -0.2) is 66.1 Å². The third-order valence-electron chi connectivity index (χ3n) is 9.40. The Morgan fingerprint density at radius 3 is 2.19 bits per heavy atom. The minimum Gasteiger partial charge on any atom is -0.465 e. The fraction of sp³-hybridized carbons (Fsp3) is 0.340. The minimum absolute atomic E-state index is 0.108. The molecule has 2 atom stereocenters. The highest BCUT2D eigenvalue weighted by Crippen LogP contribution is 2.44. The Labute approximate surface area is 351 Å². The van der Waals surface area contributed by atoms with Crippen LogP contribution in [0.1, 0.15) is 88.7 Å². The van der Waals surface area contributed by atoms with E-state index in [0.717, 1.165) is 57.2 Å². The summed E-state index contributed by atoms with van der Waals surface area (Å²) in [6.07, 6.45) is 11.9. The van der Waals surface area contributed by atoms with Gasteiger partial charge in [-0.2, -0.15) is 0 Å². The number of esters is 1. The number of fused-ring (bicyclic) bond motifs is 2. The first-order chi connectivity index (χ1) is 28.2. The largest absolute Gasteiger partial charge is 0.514 e. The predicted molar refractivity (Wildman–Crippen MR) is 241 cm³/mol. The van der Waals surface area contributed by atoms with Crippen LogP contribution >= 0.6 is 11.3 Å². The number of thiophene rings is 1. The maximum absolute atomic E-state index is 12.6. The van der Waals surface area contributed by atoms with E-state index in [4.69, 9.17) is 24.9 Å². The molecule has 0 radical (unpaired) electrons. The molecule has 5 aromatic rings. The fourth-order valence-corrected chi connectivity index (χ4v) is 6.78. The van der Waals surface area contributed by atoms with Crippen LogP contribution in [0.3, 0.4) is 0 Å². The summed E-state index contributed by atoms with van der Waals surface area (Å²) >= 11 is 1.46. The number of aliphatic imine (C=N–C) groups is 2. The zero-order chi connectivity index (χ0) is 43.1. The van der Waals surface area contributed by atoms with Crippen LogP contribution in [0.15, 0.2) is 101 Å². The van der Waals surface area contributed by atoms with Crippen molar-refractivity contribution in [3.8, 4) is 16.3 Å². The standard InChI is InChI=1S/C28H30N2O5S.C11H15NO.C8H10N2/c1-6-17(2)26(31)33-14-13-18-11-12-19-23(15-18)36-25(24(19)34-27(32)35-28(3,4)5)22-16-29-20-9-7-8-10-21(20)30-22;1-3-8(2)9-4-5-10(7-13)11(12)6-9;1-9-7-5-3-4-6-8(7)10-2/h7-12,15-17H,6,13-14H2,1-5H3;4-8H,3,12H2,1-2H3;3-6H,1-2H3. The molecule has 1 aliphatic carbocycles. The van der Waals surface area contributed by atoms with Gasteiger partial charge in [-0.3, -0.25) is 24.6 Å². The Balaban J connectivity index is 0.000000271. The molecule has 0 fully saturated rings. The molecule has 0 aliphatic heterocycles. The molecule has 2 N–H and O–H groups in total. The number of nitrogens with zero attached hydrogens (tertiary/aromatic N) is 4. The van der Waals surface area contributed by atoms with E-state index in [1.807, 2.05) is 92.7 Å². The number of ether oxygens (including phenoxy) is 3. The lowest BCUT2D eigenvalue weighted by atomic mass is 9.97. The summed E-state index contributed by atoms with van der Waals surface area (Å²) < 4.78 is 17.5. The lowest BCUT2D eigenvalue weighted by Crippen LogP contribution is -2.26.